The first-order valence-electron chi connectivity index (χ1n) is 6.78. The normalized spacial score (nSPS) is 33.2. The lowest BCUT2D eigenvalue weighted by atomic mass is 9.83. The van der Waals surface area contributed by atoms with Crippen LogP contribution in [0.15, 0.2) is 16.7 Å². The summed E-state index contributed by atoms with van der Waals surface area (Å²) in [5, 5.41) is 0. The molecule has 17 heavy (non-hydrogen) atoms. The van der Waals surface area contributed by atoms with Crippen LogP contribution in [-0.4, -0.2) is 0 Å². The molecule has 4 atom stereocenters. The van der Waals surface area contributed by atoms with E-state index in [0.29, 0.717) is 0 Å². The van der Waals surface area contributed by atoms with Crippen LogP contribution in [0.4, 0.5) is 0 Å². The third-order valence-corrected chi connectivity index (χ3v) is 4.90. The van der Waals surface area contributed by atoms with Crippen LogP contribution in [0.5, 0.6) is 0 Å². The SMILES string of the molecule is Cc1occc1C(CC1CC2CCC1C2)NN. The molecule has 3 nitrogen and oxygen atoms in total. The van der Waals surface area contributed by atoms with Gasteiger partial charge < -0.3 is 4.42 Å². The molecule has 1 heterocycles. The van der Waals surface area contributed by atoms with Gasteiger partial charge in [-0.15, -0.1) is 0 Å². The Bertz CT molecular complexity index is 387. The van der Waals surface area contributed by atoms with E-state index in [-0.39, 0.29) is 6.04 Å². The largest absolute Gasteiger partial charge is 0.469 e. The predicted octanol–water partition coefficient (Wildman–Crippen LogP) is 2.92. The van der Waals surface area contributed by atoms with Gasteiger partial charge in [-0.2, -0.15) is 0 Å². The highest BCUT2D eigenvalue weighted by atomic mass is 16.3. The highest BCUT2D eigenvalue weighted by molar-refractivity contribution is 5.20. The third kappa shape index (κ3) is 2.02. The summed E-state index contributed by atoms with van der Waals surface area (Å²) in [5.74, 6) is 9.55. The fourth-order valence-corrected chi connectivity index (χ4v) is 4.01. The van der Waals surface area contributed by atoms with Gasteiger partial charge in [0.1, 0.15) is 5.76 Å². The summed E-state index contributed by atoms with van der Waals surface area (Å²) in [4.78, 5) is 0. The maximum absolute atomic E-state index is 5.72. The van der Waals surface area contributed by atoms with Gasteiger partial charge in [0, 0.05) is 11.6 Å². The number of fused-ring (bicyclic) bond motifs is 2. The maximum Gasteiger partial charge on any atom is 0.105 e. The Balaban J connectivity index is 1.69. The third-order valence-electron chi connectivity index (χ3n) is 4.90. The van der Waals surface area contributed by atoms with Crippen molar-refractivity contribution in [2.45, 2.75) is 45.1 Å². The molecule has 0 aromatic carbocycles. The predicted molar refractivity (Wildman–Crippen MR) is 67.1 cm³/mol. The molecule has 2 aliphatic rings. The molecule has 2 bridgehead atoms. The van der Waals surface area contributed by atoms with E-state index in [1.165, 1.54) is 31.2 Å². The molecule has 0 radical (unpaired) electrons. The molecular formula is C14H22N2O. The van der Waals surface area contributed by atoms with E-state index in [1.807, 2.05) is 13.0 Å². The molecule has 2 fully saturated rings. The van der Waals surface area contributed by atoms with E-state index in [1.54, 1.807) is 6.26 Å². The smallest absolute Gasteiger partial charge is 0.105 e. The van der Waals surface area contributed by atoms with Gasteiger partial charge in [-0.3, -0.25) is 11.3 Å². The summed E-state index contributed by atoms with van der Waals surface area (Å²) in [6.07, 6.45) is 8.71. The topological polar surface area (TPSA) is 51.2 Å². The van der Waals surface area contributed by atoms with Gasteiger partial charge >= 0.3 is 0 Å². The quantitative estimate of drug-likeness (QED) is 0.622. The molecular weight excluding hydrogens is 212 g/mol. The van der Waals surface area contributed by atoms with Gasteiger partial charge in [-0.1, -0.05) is 6.42 Å². The molecule has 94 valence electrons. The number of rotatable bonds is 4. The fraction of sp³-hybridized carbons (Fsp3) is 0.714. The van der Waals surface area contributed by atoms with Crippen molar-refractivity contribution in [1.82, 2.24) is 5.43 Å². The first kappa shape index (κ1) is 11.3. The second-order valence-electron chi connectivity index (χ2n) is 5.82. The Kier molecular flexibility index (Phi) is 2.97. The van der Waals surface area contributed by atoms with Crippen molar-refractivity contribution >= 4 is 0 Å². The first-order chi connectivity index (χ1) is 8.28. The lowest BCUT2D eigenvalue weighted by Gasteiger charge is -2.26. The van der Waals surface area contributed by atoms with E-state index in [2.05, 4.69) is 5.43 Å². The zero-order valence-corrected chi connectivity index (χ0v) is 10.5. The van der Waals surface area contributed by atoms with Gasteiger partial charge in [0.05, 0.1) is 6.26 Å². The molecule has 3 rings (SSSR count). The number of nitrogens with one attached hydrogen (secondary N) is 1. The molecule has 3 N–H and O–H groups in total. The monoisotopic (exact) mass is 234 g/mol. The number of hydrogen-bond acceptors (Lipinski definition) is 3. The molecule has 3 heteroatoms. The number of nitrogens with two attached hydrogens (primary N) is 1. The number of furan rings is 1. The Morgan fingerprint density at radius 2 is 2.35 bits per heavy atom. The van der Waals surface area contributed by atoms with Crippen LogP contribution < -0.4 is 11.3 Å². The zero-order chi connectivity index (χ0) is 11.8. The van der Waals surface area contributed by atoms with E-state index in [9.17, 15) is 0 Å². The van der Waals surface area contributed by atoms with Crippen LogP contribution in [0.1, 0.15) is 49.5 Å². The standard InChI is InChI=1S/C14H22N2O/c1-9-13(4-5-17-9)14(16-15)8-12-7-10-2-3-11(12)6-10/h4-5,10-12,14,16H,2-3,6-8,15H2,1H3. The van der Waals surface area contributed by atoms with E-state index in [0.717, 1.165) is 29.9 Å². The molecule has 1 aromatic rings. The van der Waals surface area contributed by atoms with E-state index in [4.69, 9.17) is 10.3 Å². The summed E-state index contributed by atoms with van der Waals surface area (Å²) in [6, 6.07) is 2.31. The van der Waals surface area contributed by atoms with Gasteiger partial charge in [-0.25, -0.2) is 0 Å². The van der Waals surface area contributed by atoms with Crippen molar-refractivity contribution in [1.29, 1.82) is 0 Å². The highest BCUT2D eigenvalue weighted by Crippen LogP contribution is 2.50. The van der Waals surface area contributed by atoms with E-state index >= 15 is 0 Å². The number of hydrazine groups is 1. The Morgan fingerprint density at radius 1 is 1.47 bits per heavy atom. The average molecular weight is 234 g/mol. The van der Waals surface area contributed by atoms with Crippen molar-refractivity contribution in [3.8, 4) is 0 Å². The van der Waals surface area contributed by atoms with Gasteiger partial charge in [0.2, 0.25) is 0 Å². The van der Waals surface area contributed by atoms with Gasteiger partial charge in [0.15, 0.2) is 0 Å². The lowest BCUT2D eigenvalue weighted by molar-refractivity contribution is 0.279. The Morgan fingerprint density at radius 3 is 2.88 bits per heavy atom. The minimum atomic E-state index is 0.262. The second-order valence-corrected chi connectivity index (χ2v) is 5.82. The summed E-state index contributed by atoms with van der Waals surface area (Å²) >= 11 is 0. The number of hydrogen-bond donors (Lipinski definition) is 2. The molecule has 0 amide bonds. The van der Waals surface area contributed by atoms with Crippen molar-refractivity contribution in [3.63, 3.8) is 0 Å². The summed E-state index contributed by atoms with van der Waals surface area (Å²) in [6.45, 7) is 2.01. The molecule has 2 saturated carbocycles. The molecule has 2 aliphatic carbocycles. The van der Waals surface area contributed by atoms with E-state index < -0.39 is 0 Å². The van der Waals surface area contributed by atoms with Gasteiger partial charge in [0.25, 0.3) is 0 Å². The fourth-order valence-electron chi connectivity index (χ4n) is 4.01. The maximum atomic E-state index is 5.72. The molecule has 0 aliphatic heterocycles. The van der Waals surface area contributed by atoms with Crippen LogP contribution in [0.3, 0.4) is 0 Å². The lowest BCUT2D eigenvalue weighted by Crippen LogP contribution is -2.30. The van der Waals surface area contributed by atoms with Gasteiger partial charge in [-0.05, 0) is 56.4 Å². The summed E-state index contributed by atoms with van der Waals surface area (Å²) in [7, 11) is 0. The Hall–Kier alpha value is -0.800. The first-order valence-corrected chi connectivity index (χ1v) is 6.78. The summed E-state index contributed by atoms with van der Waals surface area (Å²) in [5.41, 5.74) is 4.20. The van der Waals surface area contributed by atoms with Crippen LogP contribution in [0.2, 0.25) is 0 Å². The zero-order valence-electron chi connectivity index (χ0n) is 10.5. The minimum absolute atomic E-state index is 0.262. The Labute approximate surface area is 103 Å². The minimum Gasteiger partial charge on any atom is -0.469 e. The molecule has 4 unspecified atom stereocenters. The van der Waals surface area contributed by atoms with Crippen LogP contribution in [0.25, 0.3) is 0 Å². The van der Waals surface area contributed by atoms with Crippen LogP contribution in [0, 0.1) is 24.7 Å². The molecule has 1 aromatic heterocycles. The number of aryl methyl sites for hydroxylation is 1. The van der Waals surface area contributed by atoms with Crippen LogP contribution in [-0.2, 0) is 0 Å². The van der Waals surface area contributed by atoms with Crippen molar-refractivity contribution in [3.05, 3.63) is 23.7 Å². The highest BCUT2D eigenvalue weighted by Gasteiger charge is 2.40. The average Bonchev–Trinajstić information content (AvgIpc) is 3.02. The second kappa shape index (κ2) is 4.46. The van der Waals surface area contributed by atoms with Crippen LogP contribution >= 0.6 is 0 Å². The molecule has 0 spiro atoms. The van der Waals surface area contributed by atoms with Crippen molar-refractivity contribution in [2.24, 2.45) is 23.6 Å². The van der Waals surface area contributed by atoms with Crippen molar-refractivity contribution in [2.75, 3.05) is 0 Å². The summed E-state index contributed by atoms with van der Waals surface area (Å²) < 4.78 is 5.38. The van der Waals surface area contributed by atoms with Crippen molar-refractivity contribution < 1.29 is 4.42 Å². The molecule has 0 saturated heterocycles.